The van der Waals surface area contributed by atoms with Crippen LogP contribution in [0.1, 0.15) is 6.92 Å². The van der Waals surface area contributed by atoms with Gasteiger partial charge >= 0.3 is 5.97 Å². The molecule has 2 amide bonds. The van der Waals surface area contributed by atoms with E-state index >= 15 is 0 Å². The van der Waals surface area contributed by atoms with Crippen molar-refractivity contribution in [2.75, 3.05) is 11.5 Å². The fourth-order valence-electron chi connectivity index (χ4n) is 1.72. The lowest BCUT2D eigenvalue weighted by atomic mass is 10.2. The van der Waals surface area contributed by atoms with Crippen LogP contribution in [0.15, 0.2) is 35.9 Å². The topological polar surface area (TPSA) is 83.9 Å². The molecule has 0 saturated carbocycles. The molecule has 1 heterocycles. The zero-order valence-electron chi connectivity index (χ0n) is 10.1. The van der Waals surface area contributed by atoms with E-state index in [4.69, 9.17) is 9.84 Å². The lowest BCUT2D eigenvalue weighted by Gasteiger charge is -2.18. The Labute approximate surface area is 108 Å². The predicted molar refractivity (Wildman–Crippen MR) is 65.8 cm³/mol. The highest BCUT2D eigenvalue weighted by molar-refractivity contribution is 6.30. The van der Waals surface area contributed by atoms with Gasteiger partial charge in [-0.2, -0.15) is 0 Å². The van der Waals surface area contributed by atoms with Crippen LogP contribution in [0.2, 0.25) is 0 Å². The van der Waals surface area contributed by atoms with Gasteiger partial charge in [0.25, 0.3) is 11.8 Å². The van der Waals surface area contributed by atoms with Crippen molar-refractivity contribution in [3.05, 3.63) is 35.9 Å². The Bertz CT molecular complexity index is 590. The zero-order chi connectivity index (χ0) is 14.0. The van der Waals surface area contributed by atoms with Crippen LogP contribution < -0.4 is 9.64 Å². The third-order valence-electron chi connectivity index (χ3n) is 2.56. The van der Waals surface area contributed by atoms with Crippen LogP contribution in [0.5, 0.6) is 5.75 Å². The highest BCUT2D eigenvalue weighted by atomic mass is 16.5. The van der Waals surface area contributed by atoms with E-state index in [9.17, 15) is 14.4 Å². The quantitative estimate of drug-likeness (QED) is 0.816. The zero-order valence-corrected chi connectivity index (χ0v) is 10.1. The van der Waals surface area contributed by atoms with Crippen LogP contribution in [-0.2, 0) is 14.4 Å². The SMILES string of the molecule is CC1=CC(=O)N(c2ccccc2OCC(=O)O)C1=O. The summed E-state index contributed by atoms with van der Waals surface area (Å²) in [6.07, 6.45) is 1.23. The van der Waals surface area contributed by atoms with Crippen LogP contribution in [0.3, 0.4) is 0 Å². The number of carbonyl (C=O) groups excluding carboxylic acids is 2. The number of para-hydroxylation sites is 2. The minimum Gasteiger partial charge on any atom is -0.480 e. The Morgan fingerprint density at radius 1 is 1.32 bits per heavy atom. The Hall–Kier alpha value is -2.63. The average Bonchev–Trinajstić information content (AvgIpc) is 2.61. The van der Waals surface area contributed by atoms with Gasteiger partial charge in [0.05, 0.1) is 5.69 Å². The molecule has 98 valence electrons. The lowest BCUT2D eigenvalue weighted by Crippen LogP contribution is -2.31. The number of carbonyl (C=O) groups is 3. The maximum atomic E-state index is 11.9. The Balaban J connectivity index is 2.33. The van der Waals surface area contributed by atoms with Gasteiger partial charge in [0.1, 0.15) is 5.75 Å². The van der Waals surface area contributed by atoms with E-state index < -0.39 is 24.4 Å². The van der Waals surface area contributed by atoms with E-state index in [1.165, 1.54) is 18.2 Å². The van der Waals surface area contributed by atoms with E-state index in [0.717, 1.165) is 4.90 Å². The standard InChI is InChI=1S/C13H11NO5/c1-8-6-11(15)14(13(8)18)9-4-2-3-5-10(9)19-7-12(16)17/h2-6H,7H2,1H3,(H,16,17). The number of benzene rings is 1. The first kappa shape index (κ1) is 12.8. The molecule has 6 heteroatoms. The van der Waals surface area contributed by atoms with Gasteiger partial charge in [-0.3, -0.25) is 9.59 Å². The average molecular weight is 261 g/mol. The Morgan fingerprint density at radius 3 is 2.58 bits per heavy atom. The molecule has 2 rings (SSSR count). The molecule has 0 aliphatic carbocycles. The molecule has 0 spiro atoms. The number of imide groups is 1. The van der Waals surface area contributed by atoms with Gasteiger partial charge in [-0.1, -0.05) is 12.1 Å². The summed E-state index contributed by atoms with van der Waals surface area (Å²) in [5.74, 6) is -1.86. The van der Waals surface area contributed by atoms with E-state index in [1.54, 1.807) is 19.1 Å². The molecule has 0 saturated heterocycles. The lowest BCUT2D eigenvalue weighted by molar-refractivity contribution is -0.139. The second-order valence-corrected chi connectivity index (χ2v) is 3.96. The van der Waals surface area contributed by atoms with Gasteiger partial charge in [0.15, 0.2) is 6.61 Å². The van der Waals surface area contributed by atoms with Crippen LogP contribution in [-0.4, -0.2) is 29.5 Å². The number of anilines is 1. The number of nitrogens with zero attached hydrogens (tertiary/aromatic N) is 1. The van der Waals surface area contributed by atoms with Crippen molar-refractivity contribution in [1.82, 2.24) is 0 Å². The van der Waals surface area contributed by atoms with Crippen LogP contribution in [0.25, 0.3) is 0 Å². The first-order valence-electron chi connectivity index (χ1n) is 5.51. The van der Waals surface area contributed by atoms with E-state index in [1.807, 2.05) is 0 Å². The fourth-order valence-corrected chi connectivity index (χ4v) is 1.72. The molecule has 19 heavy (non-hydrogen) atoms. The van der Waals surface area contributed by atoms with Crippen molar-refractivity contribution in [2.24, 2.45) is 0 Å². The molecule has 0 atom stereocenters. The van der Waals surface area contributed by atoms with E-state index in [2.05, 4.69) is 0 Å². The van der Waals surface area contributed by atoms with E-state index in [-0.39, 0.29) is 11.4 Å². The summed E-state index contributed by atoms with van der Waals surface area (Å²) in [4.78, 5) is 35.1. The number of aliphatic carboxylic acids is 1. The molecule has 0 bridgehead atoms. The number of carboxylic acid groups (broad SMARTS) is 1. The van der Waals surface area contributed by atoms with Crippen molar-refractivity contribution >= 4 is 23.5 Å². The van der Waals surface area contributed by atoms with Crippen molar-refractivity contribution in [3.8, 4) is 5.75 Å². The molecular formula is C13H11NO5. The molecule has 6 nitrogen and oxygen atoms in total. The predicted octanol–water partition coefficient (Wildman–Crippen LogP) is 0.970. The molecule has 1 aromatic carbocycles. The summed E-state index contributed by atoms with van der Waals surface area (Å²) in [6, 6.07) is 6.30. The van der Waals surface area contributed by atoms with Crippen molar-refractivity contribution in [3.63, 3.8) is 0 Å². The third kappa shape index (κ3) is 2.47. The van der Waals surface area contributed by atoms with Gasteiger partial charge < -0.3 is 9.84 Å². The first-order valence-corrected chi connectivity index (χ1v) is 5.51. The van der Waals surface area contributed by atoms with Crippen LogP contribution >= 0.6 is 0 Å². The summed E-state index contributed by atoms with van der Waals surface area (Å²) < 4.78 is 5.07. The van der Waals surface area contributed by atoms with Gasteiger partial charge in [0.2, 0.25) is 0 Å². The molecule has 1 aromatic rings. The number of hydrogen-bond acceptors (Lipinski definition) is 4. The number of rotatable bonds is 4. The maximum absolute atomic E-state index is 11.9. The third-order valence-corrected chi connectivity index (χ3v) is 2.56. The highest BCUT2D eigenvalue weighted by Gasteiger charge is 2.31. The molecule has 1 aliphatic rings. The van der Waals surface area contributed by atoms with Crippen molar-refractivity contribution in [1.29, 1.82) is 0 Å². The molecular weight excluding hydrogens is 250 g/mol. The maximum Gasteiger partial charge on any atom is 0.341 e. The van der Waals surface area contributed by atoms with Gasteiger partial charge in [-0.05, 0) is 19.1 Å². The van der Waals surface area contributed by atoms with Crippen molar-refractivity contribution in [2.45, 2.75) is 6.92 Å². The molecule has 1 aliphatic heterocycles. The Morgan fingerprint density at radius 2 is 2.00 bits per heavy atom. The van der Waals surface area contributed by atoms with Crippen molar-refractivity contribution < 1.29 is 24.2 Å². The van der Waals surface area contributed by atoms with Gasteiger partial charge in [0, 0.05) is 11.6 Å². The molecule has 1 N–H and O–H groups in total. The minimum absolute atomic E-state index is 0.176. The molecule has 0 fully saturated rings. The summed E-state index contributed by atoms with van der Waals surface area (Å²) in [6.45, 7) is 1.00. The summed E-state index contributed by atoms with van der Waals surface area (Å²) >= 11 is 0. The fraction of sp³-hybridized carbons (Fsp3) is 0.154. The van der Waals surface area contributed by atoms with Crippen LogP contribution in [0, 0.1) is 0 Å². The first-order chi connectivity index (χ1) is 9.00. The molecule has 0 unspecified atom stereocenters. The summed E-state index contributed by atoms with van der Waals surface area (Å²) in [5.41, 5.74) is 0.574. The smallest absolute Gasteiger partial charge is 0.341 e. The number of ether oxygens (including phenoxy) is 1. The Kier molecular flexibility index (Phi) is 3.33. The number of carboxylic acids is 1. The minimum atomic E-state index is -1.14. The monoisotopic (exact) mass is 261 g/mol. The second-order valence-electron chi connectivity index (χ2n) is 3.96. The summed E-state index contributed by atoms with van der Waals surface area (Å²) in [7, 11) is 0. The second kappa shape index (κ2) is 4.93. The largest absolute Gasteiger partial charge is 0.480 e. The normalized spacial score (nSPS) is 14.6. The van der Waals surface area contributed by atoms with Gasteiger partial charge in [-0.15, -0.1) is 0 Å². The highest BCUT2D eigenvalue weighted by Crippen LogP contribution is 2.31. The number of amides is 2. The number of hydrogen-bond donors (Lipinski definition) is 1. The van der Waals surface area contributed by atoms with E-state index in [0.29, 0.717) is 5.57 Å². The molecule has 0 radical (unpaired) electrons. The summed E-state index contributed by atoms with van der Waals surface area (Å²) in [5, 5.41) is 8.59. The van der Waals surface area contributed by atoms with Gasteiger partial charge in [-0.25, -0.2) is 9.69 Å². The van der Waals surface area contributed by atoms with Crippen LogP contribution in [0.4, 0.5) is 5.69 Å². The molecule has 0 aromatic heterocycles.